The average Bonchev–Trinajstić information content (AvgIpc) is 2.61. The molecule has 0 saturated carbocycles. The van der Waals surface area contributed by atoms with E-state index >= 15 is 0 Å². The number of hydrogen-bond acceptors (Lipinski definition) is 5. The Morgan fingerprint density at radius 3 is 2.96 bits per heavy atom. The van der Waals surface area contributed by atoms with Crippen LogP contribution < -0.4 is 10.1 Å². The summed E-state index contributed by atoms with van der Waals surface area (Å²) in [6.07, 6.45) is 5.58. The smallest absolute Gasteiger partial charge is 0.321 e. The van der Waals surface area contributed by atoms with E-state index in [0.29, 0.717) is 23.8 Å². The van der Waals surface area contributed by atoms with Gasteiger partial charge in [-0.05, 0) is 56.6 Å². The molecule has 1 aromatic heterocycles. The van der Waals surface area contributed by atoms with E-state index in [1.54, 1.807) is 42.7 Å². The first-order valence-electron chi connectivity index (χ1n) is 8.22. The van der Waals surface area contributed by atoms with Gasteiger partial charge in [-0.15, -0.1) is 0 Å². The molecule has 2 heterocycles. The third-order valence-electron chi connectivity index (χ3n) is 4.12. The Kier molecular flexibility index (Phi) is 5.38. The summed E-state index contributed by atoms with van der Waals surface area (Å²) in [6.45, 7) is 2.89. The van der Waals surface area contributed by atoms with Crippen molar-refractivity contribution in [3.63, 3.8) is 0 Å². The molecule has 1 unspecified atom stereocenters. The fourth-order valence-corrected chi connectivity index (χ4v) is 2.92. The summed E-state index contributed by atoms with van der Waals surface area (Å²) >= 11 is 0. The van der Waals surface area contributed by atoms with Gasteiger partial charge in [0.25, 0.3) is 5.91 Å². The van der Waals surface area contributed by atoms with Gasteiger partial charge in [-0.3, -0.25) is 4.79 Å². The Hall–Kier alpha value is -2.47. The van der Waals surface area contributed by atoms with Crippen molar-refractivity contribution in [2.75, 3.05) is 26.7 Å². The molecular formula is C18H22N4O2. The normalized spacial score (nSPS) is 18.1. The van der Waals surface area contributed by atoms with Crippen LogP contribution in [0.15, 0.2) is 42.7 Å². The number of nitrogens with zero attached hydrogens (tertiary/aromatic N) is 3. The van der Waals surface area contributed by atoms with Crippen LogP contribution in [0.5, 0.6) is 11.8 Å². The van der Waals surface area contributed by atoms with E-state index in [1.807, 2.05) is 0 Å². The van der Waals surface area contributed by atoms with Crippen LogP contribution in [0.2, 0.25) is 0 Å². The van der Waals surface area contributed by atoms with Crippen molar-refractivity contribution in [3.05, 3.63) is 48.3 Å². The summed E-state index contributed by atoms with van der Waals surface area (Å²) in [7, 11) is 2.13. The van der Waals surface area contributed by atoms with Gasteiger partial charge >= 0.3 is 6.01 Å². The van der Waals surface area contributed by atoms with Crippen LogP contribution in [0.1, 0.15) is 23.2 Å². The first-order chi connectivity index (χ1) is 11.7. The number of amides is 1. The van der Waals surface area contributed by atoms with Gasteiger partial charge in [0.2, 0.25) is 0 Å². The zero-order valence-electron chi connectivity index (χ0n) is 13.8. The van der Waals surface area contributed by atoms with E-state index in [1.165, 1.54) is 12.8 Å². The van der Waals surface area contributed by atoms with Gasteiger partial charge in [0.15, 0.2) is 0 Å². The SMILES string of the molecule is CN1CCCC(CNC(=O)c2cccc(Oc3ncccn3)c2)C1. The molecule has 24 heavy (non-hydrogen) atoms. The summed E-state index contributed by atoms with van der Waals surface area (Å²) < 4.78 is 5.57. The highest BCUT2D eigenvalue weighted by atomic mass is 16.5. The molecule has 2 aromatic rings. The Morgan fingerprint density at radius 2 is 2.17 bits per heavy atom. The highest BCUT2D eigenvalue weighted by molar-refractivity contribution is 5.94. The first-order valence-corrected chi connectivity index (χ1v) is 8.22. The molecule has 0 bridgehead atoms. The summed E-state index contributed by atoms with van der Waals surface area (Å²) in [4.78, 5) is 22.7. The van der Waals surface area contributed by atoms with E-state index in [2.05, 4.69) is 27.2 Å². The predicted octanol–water partition coefficient (Wildman–Crippen LogP) is 2.34. The molecule has 1 amide bonds. The number of likely N-dealkylation sites (tertiary alicyclic amines) is 1. The number of nitrogens with one attached hydrogen (secondary N) is 1. The van der Waals surface area contributed by atoms with Crippen LogP contribution in [0.3, 0.4) is 0 Å². The van der Waals surface area contributed by atoms with Crippen molar-refractivity contribution in [2.24, 2.45) is 5.92 Å². The zero-order chi connectivity index (χ0) is 16.8. The number of ether oxygens (including phenoxy) is 1. The fraction of sp³-hybridized carbons (Fsp3) is 0.389. The maximum absolute atomic E-state index is 12.4. The third-order valence-corrected chi connectivity index (χ3v) is 4.12. The van der Waals surface area contributed by atoms with Crippen LogP contribution >= 0.6 is 0 Å². The van der Waals surface area contributed by atoms with E-state index in [9.17, 15) is 4.79 Å². The van der Waals surface area contributed by atoms with Gasteiger partial charge in [-0.25, -0.2) is 9.97 Å². The molecule has 1 aromatic carbocycles. The number of rotatable bonds is 5. The van der Waals surface area contributed by atoms with E-state index < -0.39 is 0 Å². The van der Waals surface area contributed by atoms with Crippen LogP contribution in [-0.2, 0) is 0 Å². The Morgan fingerprint density at radius 1 is 1.33 bits per heavy atom. The van der Waals surface area contributed by atoms with E-state index in [0.717, 1.165) is 13.1 Å². The third kappa shape index (κ3) is 4.52. The molecule has 3 rings (SSSR count). The van der Waals surface area contributed by atoms with Crippen molar-refractivity contribution in [3.8, 4) is 11.8 Å². The van der Waals surface area contributed by atoms with Gasteiger partial charge in [0.05, 0.1) is 0 Å². The lowest BCUT2D eigenvalue weighted by Gasteiger charge is -2.29. The van der Waals surface area contributed by atoms with Crippen LogP contribution in [0, 0.1) is 5.92 Å². The van der Waals surface area contributed by atoms with Gasteiger partial charge in [0, 0.05) is 31.0 Å². The molecule has 126 valence electrons. The first kappa shape index (κ1) is 16.4. The summed E-state index contributed by atoms with van der Waals surface area (Å²) in [5.41, 5.74) is 0.576. The zero-order valence-corrected chi connectivity index (χ0v) is 13.8. The quantitative estimate of drug-likeness (QED) is 0.913. The highest BCUT2D eigenvalue weighted by Gasteiger charge is 2.18. The number of benzene rings is 1. The molecule has 1 N–H and O–H groups in total. The fourth-order valence-electron chi connectivity index (χ4n) is 2.92. The van der Waals surface area contributed by atoms with Crippen molar-refractivity contribution in [1.29, 1.82) is 0 Å². The van der Waals surface area contributed by atoms with Crippen LogP contribution in [0.4, 0.5) is 0 Å². The summed E-state index contributed by atoms with van der Waals surface area (Å²) in [5.74, 6) is 0.985. The lowest BCUT2D eigenvalue weighted by atomic mass is 9.98. The minimum atomic E-state index is -0.0809. The number of piperidine rings is 1. The monoisotopic (exact) mass is 326 g/mol. The maximum Gasteiger partial charge on any atom is 0.321 e. The van der Waals surface area contributed by atoms with E-state index in [-0.39, 0.29) is 11.9 Å². The molecule has 1 atom stereocenters. The van der Waals surface area contributed by atoms with Gasteiger partial charge in [-0.1, -0.05) is 6.07 Å². The van der Waals surface area contributed by atoms with Gasteiger partial charge in [-0.2, -0.15) is 0 Å². The molecule has 1 aliphatic heterocycles. The van der Waals surface area contributed by atoms with Crippen LogP contribution in [0.25, 0.3) is 0 Å². The van der Waals surface area contributed by atoms with Gasteiger partial charge < -0.3 is 15.0 Å². The minimum absolute atomic E-state index is 0.0809. The van der Waals surface area contributed by atoms with Crippen molar-refractivity contribution >= 4 is 5.91 Å². The number of carbonyl (C=O) groups excluding carboxylic acids is 1. The lowest BCUT2D eigenvalue weighted by Crippen LogP contribution is -2.39. The second-order valence-corrected chi connectivity index (χ2v) is 6.14. The number of carbonyl (C=O) groups is 1. The van der Waals surface area contributed by atoms with Gasteiger partial charge in [0.1, 0.15) is 5.75 Å². The van der Waals surface area contributed by atoms with Crippen molar-refractivity contribution in [1.82, 2.24) is 20.2 Å². The molecule has 0 aliphatic carbocycles. The Bertz CT molecular complexity index is 678. The largest absolute Gasteiger partial charge is 0.424 e. The Labute approximate surface area is 141 Å². The molecule has 1 saturated heterocycles. The molecule has 0 radical (unpaired) electrons. The molecule has 6 heteroatoms. The van der Waals surface area contributed by atoms with Crippen molar-refractivity contribution < 1.29 is 9.53 Å². The minimum Gasteiger partial charge on any atom is -0.424 e. The van der Waals surface area contributed by atoms with E-state index in [4.69, 9.17) is 4.74 Å². The Balaban J connectivity index is 1.57. The average molecular weight is 326 g/mol. The second-order valence-electron chi connectivity index (χ2n) is 6.14. The standard InChI is InChI=1S/C18H22N4O2/c1-22-10-3-5-14(13-22)12-21-17(23)15-6-2-7-16(11-15)24-18-19-8-4-9-20-18/h2,4,6-9,11,14H,3,5,10,12-13H2,1H3,(H,21,23). The second kappa shape index (κ2) is 7.88. The highest BCUT2D eigenvalue weighted by Crippen LogP contribution is 2.19. The lowest BCUT2D eigenvalue weighted by molar-refractivity contribution is 0.0936. The molecule has 0 spiro atoms. The number of hydrogen-bond donors (Lipinski definition) is 1. The predicted molar refractivity (Wildman–Crippen MR) is 91.1 cm³/mol. The molecular weight excluding hydrogens is 304 g/mol. The summed E-state index contributed by atoms with van der Waals surface area (Å²) in [6, 6.07) is 9.05. The molecule has 1 aliphatic rings. The molecule has 6 nitrogen and oxygen atoms in total. The van der Waals surface area contributed by atoms with Crippen LogP contribution in [-0.4, -0.2) is 47.5 Å². The van der Waals surface area contributed by atoms with Crippen molar-refractivity contribution in [2.45, 2.75) is 12.8 Å². The maximum atomic E-state index is 12.4. The topological polar surface area (TPSA) is 67.4 Å². The molecule has 1 fully saturated rings. The summed E-state index contributed by atoms with van der Waals surface area (Å²) in [5, 5.41) is 3.03. The number of aromatic nitrogens is 2.